The zero-order valence-electron chi connectivity index (χ0n) is 11.3. The Bertz CT molecular complexity index is 456. The first-order chi connectivity index (χ1) is 9.28. The van der Waals surface area contributed by atoms with E-state index in [1.807, 2.05) is 13.0 Å². The molecule has 0 aromatic heterocycles. The first kappa shape index (κ1) is 12.7. The third-order valence-corrected chi connectivity index (χ3v) is 4.33. The number of hydrogen-bond acceptors (Lipinski definition) is 3. The van der Waals surface area contributed by atoms with Crippen LogP contribution in [-0.2, 0) is 14.3 Å². The van der Waals surface area contributed by atoms with E-state index in [0.717, 1.165) is 19.3 Å². The van der Waals surface area contributed by atoms with Crippen LogP contribution in [-0.4, -0.2) is 24.3 Å². The van der Waals surface area contributed by atoms with Crippen molar-refractivity contribution in [3.05, 3.63) is 35.9 Å². The molecule has 102 valence electrons. The van der Waals surface area contributed by atoms with Gasteiger partial charge in [0.25, 0.3) is 0 Å². The highest BCUT2D eigenvalue weighted by Crippen LogP contribution is 2.56. The monoisotopic (exact) mass is 260 g/mol. The van der Waals surface area contributed by atoms with Crippen molar-refractivity contribution in [3.8, 4) is 0 Å². The summed E-state index contributed by atoms with van der Waals surface area (Å²) in [5.41, 5.74) is 1.00. The Morgan fingerprint density at radius 2 is 2.16 bits per heavy atom. The number of hydrogen-bond donors (Lipinski definition) is 0. The van der Waals surface area contributed by atoms with Crippen molar-refractivity contribution < 1.29 is 14.3 Å². The molecule has 3 heteroatoms. The van der Waals surface area contributed by atoms with Crippen LogP contribution in [0.1, 0.15) is 44.1 Å². The van der Waals surface area contributed by atoms with Crippen LogP contribution < -0.4 is 0 Å². The van der Waals surface area contributed by atoms with Crippen molar-refractivity contribution in [2.45, 2.75) is 50.2 Å². The molecule has 1 aliphatic heterocycles. The van der Waals surface area contributed by atoms with Crippen molar-refractivity contribution in [2.24, 2.45) is 0 Å². The molecule has 0 radical (unpaired) electrons. The molecule has 1 spiro atoms. The van der Waals surface area contributed by atoms with Crippen molar-refractivity contribution in [1.29, 1.82) is 0 Å². The van der Waals surface area contributed by atoms with Crippen molar-refractivity contribution in [3.63, 3.8) is 0 Å². The summed E-state index contributed by atoms with van der Waals surface area (Å²) in [7, 11) is 0. The van der Waals surface area contributed by atoms with Gasteiger partial charge in [-0.15, -0.1) is 0 Å². The molecule has 2 fully saturated rings. The molecule has 1 heterocycles. The van der Waals surface area contributed by atoms with Gasteiger partial charge in [-0.1, -0.05) is 43.2 Å². The predicted octanol–water partition coefficient (Wildman–Crippen LogP) is 3.04. The molecule has 0 bridgehead atoms. The molecule has 1 aromatic carbocycles. The van der Waals surface area contributed by atoms with Crippen LogP contribution >= 0.6 is 0 Å². The molecule has 2 aliphatic rings. The van der Waals surface area contributed by atoms with Crippen molar-refractivity contribution in [2.75, 3.05) is 6.61 Å². The van der Waals surface area contributed by atoms with E-state index in [1.165, 1.54) is 12.0 Å². The normalized spacial score (nSPS) is 33.1. The van der Waals surface area contributed by atoms with E-state index in [9.17, 15) is 4.79 Å². The second-order valence-corrected chi connectivity index (χ2v) is 5.41. The summed E-state index contributed by atoms with van der Waals surface area (Å²) in [6, 6.07) is 10.4. The maximum absolute atomic E-state index is 11.9. The quantitative estimate of drug-likeness (QED) is 0.619. The standard InChI is InChI=1S/C16H20O3/c1-2-18-15(17)14-16(19-14)11-7-6-10-13(16)12-8-4-3-5-9-12/h3-5,8-9,13-14H,2,6-7,10-11H2,1H3. The summed E-state index contributed by atoms with van der Waals surface area (Å²) in [5, 5.41) is 0. The Morgan fingerprint density at radius 3 is 2.89 bits per heavy atom. The highest BCUT2D eigenvalue weighted by Gasteiger charge is 2.66. The van der Waals surface area contributed by atoms with Crippen LogP contribution in [0.3, 0.4) is 0 Å². The zero-order valence-corrected chi connectivity index (χ0v) is 11.3. The topological polar surface area (TPSA) is 38.8 Å². The molecule has 3 nitrogen and oxygen atoms in total. The Labute approximate surface area is 113 Å². The lowest BCUT2D eigenvalue weighted by atomic mass is 9.73. The molecular weight excluding hydrogens is 240 g/mol. The number of carbonyl (C=O) groups excluding carboxylic acids is 1. The van der Waals surface area contributed by atoms with Crippen molar-refractivity contribution >= 4 is 5.97 Å². The molecule has 0 N–H and O–H groups in total. The Morgan fingerprint density at radius 1 is 1.37 bits per heavy atom. The first-order valence-electron chi connectivity index (χ1n) is 7.17. The summed E-state index contributed by atoms with van der Waals surface area (Å²) in [6.07, 6.45) is 4.06. The smallest absolute Gasteiger partial charge is 0.338 e. The average molecular weight is 260 g/mol. The van der Waals surface area contributed by atoms with Gasteiger partial charge < -0.3 is 9.47 Å². The van der Waals surface area contributed by atoms with Gasteiger partial charge >= 0.3 is 5.97 Å². The highest BCUT2D eigenvalue weighted by molar-refractivity contribution is 5.80. The minimum Gasteiger partial charge on any atom is -0.464 e. The van der Waals surface area contributed by atoms with Crippen LogP contribution in [0.25, 0.3) is 0 Å². The number of benzene rings is 1. The van der Waals surface area contributed by atoms with Crippen LogP contribution in [0.15, 0.2) is 30.3 Å². The van der Waals surface area contributed by atoms with Crippen LogP contribution in [0.2, 0.25) is 0 Å². The van der Waals surface area contributed by atoms with Gasteiger partial charge in [-0.3, -0.25) is 0 Å². The molecule has 1 saturated heterocycles. The van der Waals surface area contributed by atoms with E-state index in [1.54, 1.807) is 0 Å². The fourth-order valence-corrected chi connectivity index (χ4v) is 3.41. The van der Waals surface area contributed by atoms with Gasteiger partial charge in [0, 0.05) is 5.92 Å². The molecule has 0 amide bonds. The molecule has 19 heavy (non-hydrogen) atoms. The molecule has 1 aliphatic carbocycles. The van der Waals surface area contributed by atoms with E-state index in [0.29, 0.717) is 12.5 Å². The number of ether oxygens (including phenoxy) is 2. The summed E-state index contributed by atoms with van der Waals surface area (Å²) < 4.78 is 11.0. The number of carbonyl (C=O) groups is 1. The largest absolute Gasteiger partial charge is 0.464 e. The minimum atomic E-state index is -0.349. The number of epoxide rings is 1. The Balaban J connectivity index is 1.82. The molecular formula is C16H20O3. The zero-order chi connectivity index (χ0) is 13.3. The van der Waals surface area contributed by atoms with Gasteiger partial charge in [0.05, 0.1) is 6.61 Å². The molecule has 1 aromatic rings. The second-order valence-electron chi connectivity index (χ2n) is 5.41. The van der Waals surface area contributed by atoms with Gasteiger partial charge in [0.2, 0.25) is 0 Å². The first-order valence-corrected chi connectivity index (χ1v) is 7.17. The number of rotatable bonds is 3. The van der Waals surface area contributed by atoms with Crippen LogP contribution in [0.5, 0.6) is 0 Å². The van der Waals surface area contributed by atoms with E-state index >= 15 is 0 Å². The minimum absolute atomic E-state index is 0.190. The molecule has 3 rings (SSSR count). The van der Waals surface area contributed by atoms with E-state index in [4.69, 9.17) is 9.47 Å². The number of esters is 1. The molecule has 3 unspecified atom stereocenters. The van der Waals surface area contributed by atoms with Crippen LogP contribution in [0.4, 0.5) is 0 Å². The van der Waals surface area contributed by atoms with Crippen molar-refractivity contribution in [1.82, 2.24) is 0 Å². The van der Waals surface area contributed by atoms with Gasteiger partial charge in [-0.05, 0) is 25.3 Å². The third kappa shape index (κ3) is 2.16. The summed E-state index contributed by atoms with van der Waals surface area (Å²) in [4.78, 5) is 11.9. The van der Waals surface area contributed by atoms with Crippen LogP contribution in [0, 0.1) is 0 Å². The lowest BCUT2D eigenvalue weighted by Crippen LogP contribution is -2.32. The summed E-state index contributed by atoms with van der Waals surface area (Å²) in [5.74, 6) is 0.141. The highest BCUT2D eigenvalue weighted by atomic mass is 16.7. The van der Waals surface area contributed by atoms with E-state index < -0.39 is 0 Å². The second kappa shape index (κ2) is 4.97. The lowest BCUT2D eigenvalue weighted by molar-refractivity contribution is -0.144. The van der Waals surface area contributed by atoms with E-state index in [-0.39, 0.29) is 17.7 Å². The summed E-state index contributed by atoms with van der Waals surface area (Å²) in [6.45, 7) is 2.26. The molecule has 1 saturated carbocycles. The predicted molar refractivity (Wildman–Crippen MR) is 71.9 cm³/mol. The van der Waals surface area contributed by atoms with Gasteiger partial charge in [-0.2, -0.15) is 0 Å². The summed E-state index contributed by atoms with van der Waals surface area (Å²) >= 11 is 0. The average Bonchev–Trinajstić information content (AvgIpc) is 3.15. The SMILES string of the molecule is CCOC(=O)C1OC12CCCCC2c1ccccc1. The Hall–Kier alpha value is -1.35. The third-order valence-electron chi connectivity index (χ3n) is 4.33. The maximum atomic E-state index is 11.9. The van der Waals surface area contributed by atoms with E-state index in [2.05, 4.69) is 24.3 Å². The fraction of sp³-hybridized carbons (Fsp3) is 0.562. The fourth-order valence-electron chi connectivity index (χ4n) is 3.41. The Kier molecular flexibility index (Phi) is 3.31. The maximum Gasteiger partial charge on any atom is 0.338 e. The lowest BCUT2D eigenvalue weighted by Gasteiger charge is -2.29. The van der Waals surface area contributed by atoms with Gasteiger partial charge in [-0.25, -0.2) is 4.79 Å². The van der Waals surface area contributed by atoms with Gasteiger partial charge in [0.15, 0.2) is 6.10 Å². The molecule has 3 atom stereocenters. The van der Waals surface area contributed by atoms with Gasteiger partial charge in [0.1, 0.15) is 5.60 Å².